The van der Waals surface area contributed by atoms with Crippen molar-refractivity contribution in [3.63, 3.8) is 0 Å². The SMILES string of the molecule is COC(=O)CCC(/C=C/[C@H]1[C@@H](CCOC(C)=O)CC[C@@H]1O[Si](C)(C)C(C)(C)C)O[Si](C)(C)C(C)(C)C. The van der Waals surface area contributed by atoms with Crippen LogP contribution >= 0.6 is 0 Å². The fourth-order valence-electron chi connectivity index (χ4n) is 4.10. The van der Waals surface area contributed by atoms with Crippen LogP contribution in [0.2, 0.25) is 36.3 Å². The Labute approximate surface area is 223 Å². The summed E-state index contributed by atoms with van der Waals surface area (Å²) in [5.41, 5.74) is 0. The highest BCUT2D eigenvalue weighted by atomic mass is 28.4. The van der Waals surface area contributed by atoms with Gasteiger partial charge in [-0.1, -0.05) is 53.7 Å². The van der Waals surface area contributed by atoms with Crippen LogP contribution in [0, 0.1) is 11.8 Å². The predicted octanol–water partition coefficient (Wildman–Crippen LogP) is 7.26. The van der Waals surface area contributed by atoms with Crippen molar-refractivity contribution in [1.29, 1.82) is 0 Å². The third kappa shape index (κ3) is 10.1. The van der Waals surface area contributed by atoms with Gasteiger partial charge in [-0.05, 0) is 67.9 Å². The summed E-state index contributed by atoms with van der Waals surface area (Å²) in [5.74, 6) is 0.147. The molecule has 0 N–H and O–H groups in total. The maximum atomic E-state index is 11.9. The Hall–Kier alpha value is -0.966. The maximum Gasteiger partial charge on any atom is 0.305 e. The smallest absolute Gasteiger partial charge is 0.305 e. The molecule has 0 aromatic heterocycles. The summed E-state index contributed by atoms with van der Waals surface area (Å²) in [4.78, 5) is 23.3. The first-order valence-electron chi connectivity index (χ1n) is 13.5. The Morgan fingerprint density at radius 1 is 0.972 bits per heavy atom. The summed E-state index contributed by atoms with van der Waals surface area (Å²) in [7, 11) is -2.56. The van der Waals surface area contributed by atoms with Gasteiger partial charge in [0.2, 0.25) is 0 Å². The van der Waals surface area contributed by atoms with Crippen molar-refractivity contribution in [3.8, 4) is 0 Å². The average Bonchev–Trinajstić information content (AvgIpc) is 3.08. The van der Waals surface area contributed by atoms with Crippen LogP contribution < -0.4 is 0 Å². The number of esters is 2. The molecule has 210 valence electrons. The largest absolute Gasteiger partial charge is 0.469 e. The molecule has 0 aliphatic heterocycles. The molecule has 4 atom stereocenters. The van der Waals surface area contributed by atoms with E-state index in [1.54, 1.807) is 0 Å². The molecule has 0 heterocycles. The molecule has 0 amide bonds. The van der Waals surface area contributed by atoms with Gasteiger partial charge in [0.1, 0.15) is 0 Å². The summed E-state index contributed by atoms with van der Waals surface area (Å²) < 4.78 is 23.8. The summed E-state index contributed by atoms with van der Waals surface area (Å²) in [6, 6.07) is 0. The number of methoxy groups -OCH3 is 1. The lowest BCUT2D eigenvalue weighted by molar-refractivity contribution is -0.142. The van der Waals surface area contributed by atoms with E-state index in [-0.39, 0.29) is 40.1 Å². The van der Waals surface area contributed by atoms with Crippen LogP contribution in [-0.4, -0.2) is 54.5 Å². The molecule has 0 aromatic rings. The molecular formula is C28H54O6Si2. The Morgan fingerprint density at radius 2 is 1.56 bits per heavy atom. The lowest BCUT2D eigenvalue weighted by Crippen LogP contribution is -2.45. The Balaban J connectivity index is 3.20. The highest BCUT2D eigenvalue weighted by Crippen LogP contribution is 2.44. The van der Waals surface area contributed by atoms with Gasteiger partial charge in [-0.25, -0.2) is 0 Å². The van der Waals surface area contributed by atoms with E-state index in [0.29, 0.717) is 25.4 Å². The van der Waals surface area contributed by atoms with Gasteiger partial charge in [0.25, 0.3) is 0 Å². The van der Waals surface area contributed by atoms with Gasteiger partial charge in [0.05, 0.1) is 25.9 Å². The Kier molecular flexibility index (Phi) is 12.1. The van der Waals surface area contributed by atoms with Crippen molar-refractivity contribution in [3.05, 3.63) is 12.2 Å². The topological polar surface area (TPSA) is 71.1 Å². The van der Waals surface area contributed by atoms with Crippen LogP contribution in [0.5, 0.6) is 0 Å². The molecule has 1 unspecified atom stereocenters. The van der Waals surface area contributed by atoms with Gasteiger partial charge in [-0.15, -0.1) is 0 Å². The zero-order valence-electron chi connectivity index (χ0n) is 25.2. The van der Waals surface area contributed by atoms with E-state index in [2.05, 4.69) is 79.9 Å². The van der Waals surface area contributed by atoms with Crippen LogP contribution in [0.4, 0.5) is 0 Å². The fourth-order valence-corrected chi connectivity index (χ4v) is 6.79. The van der Waals surface area contributed by atoms with E-state index < -0.39 is 16.6 Å². The molecule has 0 aromatic carbocycles. The summed E-state index contributed by atoms with van der Waals surface area (Å²) >= 11 is 0. The number of carbonyl (C=O) groups excluding carboxylic acids is 2. The quantitative estimate of drug-likeness (QED) is 0.147. The highest BCUT2D eigenvalue weighted by molar-refractivity contribution is 6.74. The lowest BCUT2D eigenvalue weighted by Gasteiger charge is -2.40. The minimum Gasteiger partial charge on any atom is -0.469 e. The molecule has 1 aliphatic rings. The summed E-state index contributed by atoms with van der Waals surface area (Å²) in [5, 5.41) is 0.198. The molecule has 0 bridgehead atoms. The molecule has 1 fully saturated rings. The van der Waals surface area contributed by atoms with Crippen molar-refractivity contribution >= 4 is 28.6 Å². The van der Waals surface area contributed by atoms with Gasteiger partial charge < -0.3 is 18.3 Å². The Morgan fingerprint density at radius 3 is 2.06 bits per heavy atom. The molecule has 0 saturated heterocycles. The van der Waals surface area contributed by atoms with Crippen LogP contribution in [0.3, 0.4) is 0 Å². The highest BCUT2D eigenvalue weighted by Gasteiger charge is 2.44. The van der Waals surface area contributed by atoms with Crippen molar-refractivity contribution in [1.82, 2.24) is 0 Å². The number of hydrogen-bond acceptors (Lipinski definition) is 6. The predicted molar refractivity (Wildman–Crippen MR) is 152 cm³/mol. The maximum absolute atomic E-state index is 11.9. The zero-order valence-corrected chi connectivity index (χ0v) is 27.2. The van der Waals surface area contributed by atoms with Crippen LogP contribution in [-0.2, 0) is 27.9 Å². The van der Waals surface area contributed by atoms with Crippen molar-refractivity contribution < 1.29 is 27.9 Å². The first-order chi connectivity index (χ1) is 16.3. The van der Waals surface area contributed by atoms with Crippen LogP contribution in [0.1, 0.15) is 80.6 Å². The molecule has 36 heavy (non-hydrogen) atoms. The average molecular weight is 543 g/mol. The number of ether oxygens (including phenoxy) is 2. The molecular weight excluding hydrogens is 488 g/mol. The number of rotatable bonds is 12. The van der Waals surface area contributed by atoms with E-state index in [4.69, 9.17) is 18.3 Å². The van der Waals surface area contributed by atoms with E-state index in [1.807, 2.05) is 0 Å². The molecule has 1 aliphatic carbocycles. The van der Waals surface area contributed by atoms with E-state index in [1.165, 1.54) is 14.0 Å². The lowest BCUT2D eigenvalue weighted by atomic mass is 9.91. The zero-order chi connectivity index (χ0) is 27.9. The molecule has 8 heteroatoms. The van der Waals surface area contributed by atoms with Crippen molar-refractivity contribution in [2.24, 2.45) is 11.8 Å². The number of hydrogen-bond donors (Lipinski definition) is 0. The number of carbonyl (C=O) groups is 2. The van der Waals surface area contributed by atoms with Crippen LogP contribution in [0.25, 0.3) is 0 Å². The van der Waals surface area contributed by atoms with Crippen molar-refractivity contribution in [2.75, 3.05) is 13.7 Å². The molecule has 1 rings (SSSR count). The molecule has 1 saturated carbocycles. The second-order valence-electron chi connectivity index (χ2n) is 13.4. The summed E-state index contributed by atoms with van der Waals surface area (Å²) in [6.07, 6.45) is 8.21. The van der Waals surface area contributed by atoms with E-state index in [0.717, 1.165) is 19.3 Å². The summed E-state index contributed by atoms with van der Waals surface area (Å²) in [6.45, 7) is 24.5. The minimum atomic E-state index is -2.04. The first-order valence-corrected chi connectivity index (χ1v) is 19.4. The minimum absolute atomic E-state index is 0.0677. The third-order valence-electron chi connectivity index (χ3n) is 8.50. The standard InChI is InChI=1S/C28H54O6Si2/c1-21(29)32-20-19-22-13-17-25(34-36(11,12)28(5,6)7)24(22)16-14-23(15-18-26(30)31-8)33-35(9,10)27(2,3)4/h14,16,22-25H,13,15,17-20H2,1-12H3/b16-14+/t22-,23?,24+,25+/m1/s1. The molecule has 0 spiro atoms. The van der Waals surface area contributed by atoms with Gasteiger partial charge >= 0.3 is 11.9 Å². The van der Waals surface area contributed by atoms with Gasteiger partial charge in [0, 0.05) is 19.3 Å². The van der Waals surface area contributed by atoms with E-state index >= 15 is 0 Å². The van der Waals surface area contributed by atoms with Gasteiger partial charge in [0.15, 0.2) is 16.6 Å². The second kappa shape index (κ2) is 13.2. The molecule has 6 nitrogen and oxygen atoms in total. The van der Waals surface area contributed by atoms with E-state index in [9.17, 15) is 9.59 Å². The van der Waals surface area contributed by atoms with Gasteiger partial charge in [-0.3, -0.25) is 9.59 Å². The van der Waals surface area contributed by atoms with Crippen molar-refractivity contribution in [2.45, 2.75) is 129 Å². The monoisotopic (exact) mass is 542 g/mol. The second-order valence-corrected chi connectivity index (χ2v) is 22.9. The Bertz CT molecular complexity index is 748. The first kappa shape index (κ1) is 33.1. The fraction of sp³-hybridized carbons (Fsp3) is 0.857. The third-order valence-corrected chi connectivity index (χ3v) is 17.5. The van der Waals surface area contributed by atoms with Crippen LogP contribution in [0.15, 0.2) is 12.2 Å². The van der Waals surface area contributed by atoms with Gasteiger partial charge in [-0.2, -0.15) is 0 Å². The normalized spacial score (nSPS) is 22.6. The molecule has 0 radical (unpaired) electrons.